The van der Waals surface area contributed by atoms with Gasteiger partial charge in [-0.15, -0.1) is 0 Å². The Morgan fingerprint density at radius 3 is 2.74 bits per heavy atom. The molecule has 3 aromatic carbocycles. The number of nitrogens with zero attached hydrogens (tertiary/aromatic N) is 1. The van der Waals surface area contributed by atoms with Gasteiger partial charge in [-0.1, -0.05) is 48.5 Å². The van der Waals surface area contributed by atoms with E-state index in [1.165, 1.54) is 0 Å². The fourth-order valence-electron chi connectivity index (χ4n) is 4.69. The zero-order chi connectivity index (χ0) is 23.7. The van der Waals surface area contributed by atoms with Crippen molar-refractivity contribution in [1.29, 1.82) is 0 Å². The van der Waals surface area contributed by atoms with Gasteiger partial charge < -0.3 is 20.1 Å². The Morgan fingerprint density at radius 1 is 1.15 bits per heavy atom. The Morgan fingerprint density at radius 2 is 1.94 bits per heavy atom. The molecule has 2 heterocycles. The van der Waals surface area contributed by atoms with Crippen LogP contribution in [0.3, 0.4) is 0 Å². The molecule has 2 aliphatic heterocycles. The average Bonchev–Trinajstić information content (AvgIpc) is 2.83. The fourth-order valence-corrected chi connectivity index (χ4v) is 4.69. The SMILES string of the molecule is CCOc1cccc2c1OC1(C)CC2NC(=O)N1c1cccc(C(=O)NCc2ccccc2)c1. The summed E-state index contributed by atoms with van der Waals surface area (Å²) in [5, 5.41) is 6.03. The summed E-state index contributed by atoms with van der Waals surface area (Å²) in [6.07, 6.45) is 0.561. The second-order valence-corrected chi connectivity index (χ2v) is 8.64. The second-order valence-electron chi connectivity index (χ2n) is 8.64. The summed E-state index contributed by atoms with van der Waals surface area (Å²) in [6.45, 7) is 4.75. The van der Waals surface area contributed by atoms with Gasteiger partial charge in [0.05, 0.1) is 18.3 Å². The third kappa shape index (κ3) is 3.94. The molecule has 2 bridgehead atoms. The number of fused-ring (bicyclic) bond motifs is 4. The van der Waals surface area contributed by atoms with E-state index in [4.69, 9.17) is 9.47 Å². The summed E-state index contributed by atoms with van der Waals surface area (Å²) < 4.78 is 12.2. The number of rotatable bonds is 6. The average molecular weight is 458 g/mol. The lowest BCUT2D eigenvalue weighted by Crippen LogP contribution is -2.65. The number of benzene rings is 3. The minimum Gasteiger partial charge on any atom is -0.490 e. The molecule has 1 fully saturated rings. The summed E-state index contributed by atoms with van der Waals surface area (Å²) in [7, 11) is 0. The van der Waals surface area contributed by atoms with Gasteiger partial charge in [-0.05, 0) is 43.7 Å². The molecule has 2 unspecified atom stereocenters. The third-order valence-corrected chi connectivity index (χ3v) is 6.23. The van der Waals surface area contributed by atoms with Gasteiger partial charge in [-0.2, -0.15) is 0 Å². The lowest BCUT2D eigenvalue weighted by Gasteiger charge is -2.50. The van der Waals surface area contributed by atoms with Gasteiger partial charge in [0.15, 0.2) is 17.2 Å². The van der Waals surface area contributed by atoms with Gasteiger partial charge in [0.2, 0.25) is 0 Å². The number of carbonyl (C=O) groups is 2. The molecule has 5 rings (SSSR count). The molecular weight excluding hydrogens is 430 g/mol. The van der Waals surface area contributed by atoms with Crippen molar-refractivity contribution < 1.29 is 19.1 Å². The Balaban J connectivity index is 1.42. The smallest absolute Gasteiger partial charge is 0.325 e. The minimum atomic E-state index is -0.938. The summed E-state index contributed by atoms with van der Waals surface area (Å²) >= 11 is 0. The number of ether oxygens (including phenoxy) is 2. The molecule has 0 aromatic heterocycles. The molecule has 0 radical (unpaired) electrons. The van der Waals surface area contributed by atoms with Crippen LogP contribution in [0.5, 0.6) is 11.5 Å². The Labute approximate surface area is 198 Å². The van der Waals surface area contributed by atoms with Crippen molar-refractivity contribution in [3.8, 4) is 11.5 Å². The van der Waals surface area contributed by atoms with Gasteiger partial charge in [-0.3, -0.25) is 9.69 Å². The highest BCUT2D eigenvalue weighted by molar-refractivity contribution is 5.99. The molecule has 3 aromatic rings. The van der Waals surface area contributed by atoms with E-state index in [2.05, 4.69) is 10.6 Å². The molecule has 3 amide bonds. The van der Waals surface area contributed by atoms with Crippen LogP contribution in [-0.4, -0.2) is 24.3 Å². The molecule has 1 saturated heterocycles. The molecule has 0 aliphatic carbocycles. The van der Waals surface area contributed by atoms with Crippen molar-refractivity contribution in [1.82, 2.24) is 10.6 Å². The van der Waals surface area contributed by atoms with Crippen LogP contribution in [0.1, 0.15) is 47.8 Å². The van der Waals surface area contributed by atoms with E-state index in [0.29, 0.717) is 42.3 Å². The Bertz CT molecular complexity index is 1230. The lowest BCUT2D eigenvalue weighted by molar-refractivity contribution is 0.0343. The first-order valence-electron chi connectivity index (χ1n) is 11.5. The maximum atomic E-state index is 13.2. The maximum absolute atomic E-state index is 13.2. The highest BCUT2D eigenvalue weighted by Gasteiger charge is 2.50. The predicted octanol–water partition coefficient (Wildman–Crippen LogP) is 4.78. The molecule has 174 valence electrons. The topological polar surface area (TPSA) is 79.9 Å². The van der Waals surface area contributed by atoms with Gasteiger partial charge in [0, 0.05) is 24.1 Å². The summed E-state index contributed by atoms with van der Waals surface area (Å²) in [5.74, 6) is 1.09. The number of amides is 3. The lowest BCUT2D eigenvalue weighted by atomic mass is 9.89. The zero-order valence-corrected chi connectivity index (χ0v) is 19.2. The molecule has 0 saturated carbocycles. The van der Waals surface area contributed by atoms with E-state index in [0.717, 1.165) is 11.1 Å². The number of hydrogen-bond donors (Lipinski definition) is 2. The quantitative estimate of drug-likeness (QED) is 0.558. The third-order valence-electron chi connectivity index (χ3n) is 6.23. The van der Waals surface area contributed by atoms with Crippen LogP contribution in [0.2, 0.25) is 0 Å². The molecule has 2 N–H and O–H groups in total. The summed E-state index contributed by atoms with van der Waals surface area (Å²) in [6, 6.07) is 22.1. The van der Waals surface area contributed by atoms with Crippen LogP contribution in [0.4, 0.5) is 10.5 Å². The fraction of sp³-hybridized carbons (Fsp3) is 0.259. The second kappa shape index (κ2) is 8.74. The van der Waals surface area contributed by atoms with Crippen LogP contribution in [-0.2, 0) is 6.54 Å². The minimum absolute atomic E-state index is 0.185. The standard InChI is InChI=1S/C27H27N3O4/c1-3-33-23-14-8-13-21-22-16-27(2,34-24(21)23)30(26(32)29-22)20-12-7-11-19(15-20)25(31)28-17-18-9-5-4-6-10-18/h4-15,22H,3,16-17H2,1-2H3,(H,28,31)(H,29,32). The van der Waals surface area contributed by atoms with Crippen LogP contribution >= 0.6 is 0 Å². The van der Waals surface area contributed by atoms with E-state index in [1.807, 2.05) is 68.4 Å². The van der Waals surface area contributed by atoms with Crippen LogP contribution in [0, 0.1) is 0 Å². The van der Waals surface area contributed by atoms with Crippen molar-refractivity contribution in [2.45, 2.75) is 38.6 Å². The van der Waals surface area contributed by atoms with Crippen LogP contribution in [0.15, 0.2) is 72.8 Å². The summed E-state index contributed by atoms with van der Waals surface area (Å²) in [4.78, 5) is 27.6. The number of para-hydroxylation sites is 1. The molecule has 34 heavy (non-hydrogen) atoms. The van der Waals surface area contributed by atoms with Crippen molar-refractivity contribution in [3.63, 3.8) is 0 Å². The van der Waals surface area contributed by atoms with Gasteiger partial charge in [-0.25, -0.2) is 4.79 Å². The number of carbonyl (C=O) groups excluding carboxylic acids is 2. The van der Waals surface area contributed by atoms with Crippen LogP contribution in [0.25, 0.3) is 0 Å². The molecule has 0 spiro atoms. The first-order valence-corrected chi connectivity index (χ1v) is 11.5. The number of urea groups is 1. The highest BCUT2D eigenvalue weighted by Crippen LogP contribution is 2.49. The van der Waals surface area contributed by atoms with Crippen molar-refractivity contribution in [2.24, 2.45) is 0 Å². The zero-order valence-electron chi connectivity index (χ0n) is 19.2. The highest BCUT2D eigenvalue weighted by atomic mass is 16.5. The predicted molar refractivity (Wildman–Crippen MR) is 129 cm³/mol. The van der Waals surface area contributed by atoms with E-state index >= 15 is 0 Å². The Hall–Kier alpha value is -4.00. The monoisotopic (exact) mass is 457 g/mol. The van der Waals surface area contributed by atoms with Gasteiger partial charge in [0.25, 0.3) is 5.91 Å². The Kier molecular flexibility index (Phi) is 5.61. The van der Waals surface area contributed by atoms with E-state index in [-0.39, 0.29) is 18.0 Å². The number of nitrogens with one attached hydrogen (secondary N) is 2. The van der Waals surface area contributed by atoms with Crippen molar-refractivity contribution in [3.05, 3.63) is 89.5 Å². The molecule has 2 aliphatic rings. The normalized spacial score (nSPS) is 20.6. The molecule has 7 heteroatoms. The summed E-state index contributed by atoms with van der Waals surface area (Å²) in [5.41, 5.74) is 2.04. The van der Waals surface area contributed by atoms with E-state index in [9.17, 15) is 9.59 Å². The van der Waals surface area contributed by atoms with Crippen molar-refractivity contribution in [2.75, 3.05) is 11.5 Å². The van der Waals surface area contributed by atoms with Gasteiger partial charge >= 0.3 is 6.03 Å². The first-order chi connectivity index (χ1) is 16.5. The molecule has 7 nitrogen and oxygen atoms in total. The molecular formula is C27H27N3O4. The number of hydrogen-bond acceptors (Lipinski definition) is 4. The first kappa shape index (κ1) is 21.8. The van der Waals surface area contributed by atoms with Crippen molar-refractivity contribution >= 4 is 17.6 Å². The largest absolute Gasteiger partial charge is 0.490 e. The number of anilines is 1. The van der Waals surface area contributed by atoms with E-state index in [1.54, 1.807) is 23.1 Å². The molecule has 2 atom stereocenters. The van der Waals surface area contributed by atoms with E-state index < -0.39 is 5.72 Å². The van der Waals surface area contributed by atoms with Crippen LogP contribution < -0.4 is 25.0 Å². The van der Waals surface area contributed by atoms with Gasteiger partial charge in [0.1, 0.15) is 0 Å². The maximum Gasteiger partial charge on any atom is 0.325 e.